The molecule has 0 fully saturated rings. The Hall–Kier alpha value is -3.13. The Morgan fingerprint density at radius 2 is 1.90 bits per heavy atom. The number of aromatic nitrogens is 5. The van der Waals surface area contributed by atoms with E-state index in [1.807, 2.05) is 49.4 Å². The highest BCUT2D eigenvalue weighted by Gasteiger charge is 2.18. The van der Waals surface area contributed by atoms with Gasteiger partial charge >= 0.3 is 0 Å². The van der Waals surface area contributed by atoms with E-state index in [0.29, 0.717) is 23.1 Å². The Morgan fingerprint density at radius 3 is 2.63 bits per heavy atom. The first-order valence-corrected chi connectivity index (χ1v) is 10.7. The van der Waals surface area contributed by atoms with Crippen molar-refractivity contribution in [3.63, 3.8) is 0 Å². The predicted molar refractivity (Wildman–Crippen MR) is 118 cm³/mol. The minimum absolute atomic E-state index is 0.0781. The second-order valence-electron chi connectivity index (χ2n) is 6.90. The molecule has 0 radical (unpaired) electrons. The predicted octanol–water partition coefficient (Wildman–Crippen LogP) is 3.99. The lowest BCUT2D eigenvalue weighted by atomic mass is 10.1. The van der Waals surface area contributed by atoms with Gasteiger partial charge in [-0.05, 0) is 43.7 Å². The lowest BCUT2D eigenvalue weighted by Crippen LogP contribution is -2.13. The summed E-state index contributed by atoms with van der Waals surface area (Å²) in [5.74, 6) is 2.36. The van der Waals surface area contributed by atoms with Gasteiger partial charge in [-0.3, -0.25) is 4.79 Å². The van der Waals surface area contributed by atoms with Crippen molar-refractivity contribution in [1.29, 1.82) is 0 Å². The number of aromatic amines is 1. The fourth-order valence-electron chi connectivity index (χ4n) is 3.29. The van der Waals surface area contributed by atoms with Crippen LogP contribution >= 0.6 is 11.8 Å². The summed E-state index contributed by atoms with van der Waals surface area (Å²) < 4.78 is 7.32. The molecule has 0 amide bonds. The van der Waals surface area contributed by atoms with Gasteiger partial charge in [-0.15, -0.1) is 10.2 Å². The Balaban J connectivity index is 1.56. The van der Waals surface area contributed by atoms with E-state index in [1.54, 1.807) is 13.2 Å². The standard InChI is InChI=1S/C22H23N5O2S/c1-4-27-19(13-15-9-11-16(29-3)12-10-15)25-26-22(27)30-14(2)20-23-18-8-6-5-7-17(18)21(28)24-20/h5-12,14H,4,13H2,1-3H3,(H,23,24,28)/t14-/m0/s1. The normalized spacial score (nSPS) is 12.2. The van der Waals surface area contributed by atoms with Gasteiger partial charge < -0.3 is 14.3 Å². The van der Waals surface area contributed by atoms with Crippen LogP contribution in [0.4, 0.5) is 0 Å². The maximum Gasteiger partial charge on any atom is 0.258 e. The van der Waals surface area contributed by atoms with Crippen LogP contribution < -0.4 is 10.3 Å². The van der Waals surface area contributed by atoms with Crippen molar-refractivity contribution in [3.05, 3.63) is 76.1 Å². The van der Waals surface area contributed by atoms with Gasteiger partial charge in [-0.2, -0.15) is 0 Å². The number of hydrogen-bond donors (Lipinski definition) is 1. The summed E-state index contributed by atoms with van der Waals surface area (Å²) in [7, 11) is 1.66. The molecule has 2 aromatic carbocycles. The summed E-state index contributed by atoms with van der Waals surface area (Å²) in [5.41, 5.74) is 1.71. The molecule has 2 aromatic heterocycles. The Bertz CT molecular complexity index is 1220. The van der Waals surface area contributed by atoms with Crippen LogP contribution in [0.2, 0.25) is 0 Å². The van der Waals surface area contributed by atoms with E-state index >= 15 is 0 Å². The minimum atomic E-state index is -0.125. The Labute approximate surface area is 178 Å². The smallest absolute Gasteiger partial charge is 0.258 e. The van der Waals surface area contributed by atoms with E-state index in [9.17, 15) is 4.79 Å². The number of fused-ring (bicyclic) bond motifs is 1. The maximum atomic E-state index is 12.4. The summed E-state index contributed by atoms with van der Waals surface area (Å²) in [6.45, 7) is 4.84. The van der Waals surface area contributed by atoms with Crippen molar-refractivity contribution in [1.82, 2.24) is 24.7 Å². The first-order chi connectivity index (χ1) is 14.6. The third-order valence-electron chi connectivity index (χ3n) is 4.93. The number of hydrogen-bond acceptors (Lipinski definition) is 6. The van der Waals surface area contributed by atoms with E-state index in [1.165, 1.54) is 11.8 Å². The molecule has 8 heteroatoms. The van der Waals surface area contributed by atoms with E-state index < -0.39 is 0 Å². The molecule has 0 saturated carbocycles. The molecule has 2 heterocycles. The van der Waals surface area contributed by atoms with Gasteiger partial charge in [0, 0.05) is 13.0 Å². The van der Waals surface area contributed by atoms with Crippen LogP contribution in [0.1, 0.15) is 36.3 Å². The van der Waals surface area contributed by atoms with Crippen LogP contribution in [0.3, 0.4) is 0 Å². The molecule has 0 spiro atoms. The van der Waals surface area contributed by atoms with E-state index in [0.717, 1.165) is 28.8 Å². The van der Waals surface area contributed by atoms with Gasteiger partial charge in [0.2, 0.25) is 0 Å². The monoisotopic (exact) mass is 421 g/mol. The van der Waals surface area contributed by atoms with Gasteiger partial charge in [-0.25, -0.2) is 4.98 Å². The fourth-order valence-corrected chi connectivity index (χ4v) is 4.28. The molecule has 0 aliphatic rings. The molecule has 0 aliphatic carbocycles. The highest BCUT2D eigenvalue weighted by atomic mass is 32.2. The summed E-state index contributed by atoms with van der Waals surface area (Å²) in [4.78, 5) is 19.9. The lowest BCUT2D eigenvalue weighted by molar-refractivity contribution is 0.414. The van der Waals surface area contributed by atoms with Gasteiger partial charge in [-0.1, -0.05) is 36.0 Å². The number of thioether (sulfide) groups is 1. The number of methoxy groups -OCH3 is 1. The van der Waals surface area contributed by atoms with Gasteiger partial charge in [0.1, 0.15) is 17.4 Å². The van der Waals surface area contributed by atoms with E-state index in [2.05, 4.69) is 31.7 Å². The van der Waals surface area contributed by atoms with Crippen molar-refractivity contribution in [3.8, 4) is 5.75 Å². The second kappa shape index (κ2) is 8.71. The van der Waals surface area contributed by atoms with Crippen molar-refractivity contribution in [2.75, 3.05) is 7.11 Å². The van der Waals surface area contributed by atoms with Crippen LogP contribution in [-0.2, 0) is 13.0 Å². The quantitative estimate of drug-likeness (QED) is 0.454. The first-order valence-electron chi connectivity index (χ1n) is 9.79. The molecule has 0 aliphatic heterocycles. The van der Waals surface area contributed by atoms with Crippen LogP contribution in [0.15, 0.2) is 58.5 Å². The number of rotatable bonds is 7. The molecular formula is C22H23N5O2S. The van der Waals surface area contributed by atoms with Gasteiger partial charge in [0.05, 0.1) is 23.3 Å². The zero-order chi connectivity index (χ0) is 21.1. The first kappa shape index (κ1) is 20.2. The van der Waals surface area contributed by atoms with E-state index in [-0.39, 0.29) is 10.8 Å². The number of benzene rings is 2. The third kappa shape index (κ3) is 4.09. The van der Waals surface area contributed by atoms with E-state index in [4.69, 9.17) is 4.74 Å². The van der Waals surface area contributed by atoms with Gasteiger partial charge in [0.25, 0.3) is 5.56 Å². The number of para-hydroxylation sites is 1. The average Bonchev–Trinajstić information content (AvgIpc) is 3.15. The van der Waals surface area contributed by atoms with Crippen molar-refractivity contribution < 1.29 is 4.74 Å². The Kier molecular flexibility index (Phi) is 5.85. The highest BCUT2D eigenvalue weighted by Crippen LogP contribution is 2.32. The van der Waals surface area contributed by atoms with Crippen molar-refractivity contribution in [2.45, 2.75) is 37.2 Å². The van der Waals surface area contributed by atoms with Crippen molar-refractivity contribution >= 4 is 22.7 Å². The molecule has 4 rings (SSSR count). The molecule has 4 aromatic rings. The average molecular weight is 422 g/mol. The molecule has 1 N–H and O–H groups in total. The minimum Gasteiger partial charge on any atom is -0.497 e. The Morgan fingerprint density at radius 1 is 1.13 bits per heavy atom. The summed E-state index contributed by atoms with van der Waals surface area (Å²) in [5, 5.41) is 10.1. The van der Waals surface area contributed by atoms with Gasteiger partial charge in [0.15, 0.2) is 5.16 Å². The third-order valence-corrected chi connectivity index (χ3v) is 6.02. The number of ether oxygens (including phenoxy) is 1. The number of nitrogens with one attached hydrogen (secondary N) is 1. The molecule has 1 atom stereocenters. The highest BCUT2D eigenvalue weighted by molar-refractivity contribution is 7.99. The number of nitrogens with zero attached hydrogens (tertiary/aromatic N) is 4. The second-order valence-corrected chi connectivity index (χ2v) is 8.20. The molecule has 0 unspecified atom stereocenters. The van der Waals surface area contributed by atoms with Crippen LogP contribution in [0.25, 0.3) is 10.9 Å². The SMILES string of the molecule is CCn1c(Cc2ccc(OC)cc2)nnc1S[C@@H](C)c1nc2ccccc2c(=O)[nH]1. The lowest BCUT2D eigenvalue weighted by Gasteiger charge is -2.12. The summed E-state index contributed by atoms with van der Waals surface area (Å²) in [6.07, 6.45) is 0.685. The molecule has 154 valence electrons. The molecule has 30 heavy (non-hydrogen) atoms. The van der Waals surface area contributed by atoms with Crippen LogP contribution in [0, 0.1) is 0 Å². The largest absolute Gasteiger partial charge is 0.497 e. The summed E-state index contributed by atoms with van der Waals surface area (Å²) >= 11 is 1.54. The maximum absolute atomic E-state index is 12.4. The molecule has 0 saturated heterocycles. The zero-order valence-corrected chi connectivity index (χ0v) is 17.9. The fraction of sp³-hybridized carbons (Fsp3) is 0.273. The molecule has 7 nitrogen and oxygen atoms in total. The summed E-state index contributed by atoms with van der Waals surface area (Å²) in [6, 6.07) is 15.3. The zero-order valence-electron chi connectivity index (χ0n) is 17.1. The number of H-pyrrole nitrogens is 1. The van der Waals surface area contributed by atoms with Crippen molar-refractivity contribution in [2.24, 2.45) is 0 Å². The topological polar surface area (TPSA) is 85.7 Å². The van der Waals surface area contributed by atoms with Crippen LogP contribution in [-0.4, -0.2) is 31.8 Å². The molecule has 0 bridgehead atoms. The van der Waals surface area contributed by atoms with Crippen LogP contribution in [0.5, 0.6) is 5.75 Å². The molecular weight excluding hydrogens is 398 g/mol.